The SMILES string of the molecule is Cc1cccc(-c2cc(N)n3nc(-c4cccs4)nc3c2)c1. The molecule has 4 aromatic rings. The number of benzene rings is 1. The van der Waals surface area contributed by atoms with Crippen molar-refractivity contribution in [1.82, 2.24) is 14.6 Å². The molecule has 0 spiro atoms. The number of nitrogens with zero attached hydrogens (tertiary/aromatic N) is 3. The van der Waals surface area contributed by atoms with Crippen LogP contribution in [-0.4, -0.2) is 14.6 Å². The third-order valence-electron chi connectivity index (χ3n) is 3.56. The minimum Gasteiger partial charge on any atom is -0.384 e. The molecule has 0 saturated carbocycles. The molecular formula is C17H14N4S. The number of aromatic nitrogens is 3. The maximum atomic E-state index is 6.16. The van der Waals surface area contributed by atoms with E-state index >= 15 is 0 Å². The number of hydrogen-bond donors (Lipinski definition) is 1. The van der Waals surface area contributed by atoms with Crippen molar-refractivity contribution in [2.45, 2.75) is 6.92 Å². The maximum Gasteiger partial charge on any atom is 0.192 e. The van der Waals surface area contributed by atoms with Gasteiger partial charge in [-0.05, 0) is 41.6 Å². The van der Waals surface area contributed by atoms with E-state index in [1.165, 1.54) is 5.56 Å². The molecule has 5 heteroatoms. The average molecular weight is 306 g/mol. The van der Waals surface area contributed by atoms with Crippen LogP contribution in [0.1, 0.15) is 5.56 Å². The van der Waals surface area contributed by atoms with Gasteiger partial charge in [0.05, 0.1) is 4.88 Å². The second-order valence-electron chi connectivity index (χ2n) is 5.22. The van der Waals surface area contributed by atoms with E-state index < -0.39 is 0 Å². The van der Waals surface area contributed by atoms with Crippen LogP contribution in [0.15, 0.2) is 53.9 Å². The molecule has 4 nitrogen and oxygen atoms in total. The summed E-state index contributed by atoms with van der Waals surface area (Å²) in [4.78, 5) is 5.65. The van der Waals surface area contributed by atoms with Crippen LogP contribution in [-0.2, 0) is 0 Å². The van der Waals surface area contributed by atoms with Crippen molar-refractivity contribution in [3.05, 3.63) is 59.5 Å². The van der Waals surface area contributed by atoms with E-state index in [1.54, 1.807) is 15.9 Å². The van der Waals surface area contributed by atoms with Gasteiger partial charge in [-0.2, -0.15) is 4.52 Å². The summed E-state index contributed by atoms with van der Waals surface area (Å²) >= 11 is 1.62. The second kappa shape index (κ2) is 4.96. The van der Waals surface area contributed by atoms with Crippen molar-refractivity contribution < 1.29 is 0 Å². The predicted octanol–water partition coefficient (Wildman–Crippen LogP) is 4.02. The average Bonchev–Trinajstić information content (AvgIpc) is 3.16. The Morgan fingerprint density at radius 3 is 2.73 bits per heavy atom. The molecule has 0 atom stereocenters. The fourth-order valence-corrected chi connectivity index (χ4v) is 3.16. The van der Waals surface area contributed by atoms with Crippen LogP contribution < -0.4 is 5.73 Å². The quantitative estimate of drug-likeness (QED) is 0.608. The molecule has 0 radical (unpaired) electrons. The molecule has 108 valence electrons. The van der Waals surface area contributed by atoms with Gasteiger partial charge in [-0.15, -0.1) is 16.4 Å². The second-order valence-corrected chi connectivity index (χ2v) is 6.17. The number of aryl methyl sites for hydroxylation is 1. The van der Waals surface area contributed by atoms with Crippen LogP contribution in [0.3, 0.4) is 0 Å². The summed E-state index contributed by atoms with van der Waals surface area (Å²) < 4.78 is 1.69. The summed E-state index contributed by atoms with van der Waals surface area (Å²) in [6, 6.07) is 16.3. The number of nitrogen functional groups attached to an aromatic ring is 1. The van der Waals surface area contributed by atoms with Gasteiger partial charge >= 0.3 is 0 Å². The van der Waals surface area contributed by atoms with Crippen LogP contribution in [0.25, 0.3) is 27.5 Å². The van der Waals surface area contributed by atoms with Crippen LogP contribution in [0, 0.1) is 6.92 Å². The van der Waals surface area contributed by atoms with E-state index in [2.05, 4.69) is 35.2 Å². The number of fused-ring (bicyclic) bond motifs is 1. The molecule has 0 aliphatic carbocycles. The van der Waals surface area contributed by atoms with Gasteiger partial charge in [-0.3, -0.25) is 0 Å². The number of thiophene rings is 1. The Kier molecular flexibility index (Phi) is 2.94. The normalized spacial score (nSPS) is 11.1. The van der Waals surface area contributed by atoms with E-state index in [0.717, 1.165) is 21.7 Å². The molecule has 4 rings (SSSR count). The molecule has 0 saturated heterocycles. The van der Waals surface area contributed by atoms with E-state index in [1.807, 2.05) is 35.7 Å². The van der Waals surface area contributed by atoms with Gasteiger partial charge in [0.2, 0.25) is 0 Å². The van der Waals surface area contributed by atoms with Gasteiger partial charge in [0, 0.05) is 0 Å². The summed E-state index contributed by atoms with van der Waals surface area (Å²) in [5.74, 6) is 1.30. The van der Waals surface area contributed by atoms with Crippen LogP contribution in [0.2, 0.25) is 0 Å². The van der Waals surface area contributed by atoms with Crippen molar-refractivity contribution >= 4 is 22.8 Å². The fourth-order valence-electron chi connectivity index (χ4n) is 2.51. The molecule has 0 bridgehead atoms. The monoisotopic (exact) mass is 306 g/mol. The molecular weight excluding hydrogens is 292 g/mol. The molecule has 0 aliphatic rings. The van der Waals surface area contributed by atoms with Crippen LogP contribution in [0.5, 0.6) is 0 Å². The van der Waals surface area contributed by atoms with Gasteiger partial charge in [0.1, 0.15) is 5.82 Å². The topological polar surface area (TPSA) is 56.2 Å². The Hall–Kier alpha value is -2.66. The maximum absolute atomic E-state index is 6.16. The summed E-state index contributed by atoms with van der Waals surface area (Å²) in [5.41, 5.74) is 10.3. The van der Waals surface area contributed by atoms with Crippen LogP contribution >= 0.6 is 11.3 Å². The Morgan fingerprint density at radius 2 is 1.95 bits per heavy atom. The lowest BCUT2D eigenvalue weighted by Gasteiger charge is -2.05. The molecule has 1 aromatic carbocycles. The number of anilines is 1. The number of pyridine rings is 1. The van der Waals surface area contributed by atoms with Crippen molar-refractivity contribution in [3.8, 4) is 21.8 Å². The molecule has 22 heavy (non-hydrogen) atoms. The zero-order chi connectivity index (χ0) is 15.1. The number of rotatable bonds is 2. The lowest BCUT2D eigenvalue weighted by Crippen LogP contribution is -1.99. The molecule has 0 unspecified atom stereocenters. The summed E-state index contributed by atoms with van der Waals surface area (Å²) in [6.07, 6.45) is 0. The van der Waals surface area contributed by atoms with Gasteiger partial charge in [-0.1, -0.05) is 35.9 Å². The summed E-state index contributed by atoms with van der Waals surface area (Å²) in [6.45, 7) is 2.08. The Labute approximate surface area is 131 Å². The van der Waals surface area contributed by atoms with Gasteiger partial charge in [0.25, 0.3) is 0 Å². The lowest BCUT2D eigenvalue weighted by molar-refractivity contribution is 0.980. The first kappa shape index (κ1) is 13.0. The van der Waals surface area contributed by atoms with E-state index in [9.17, 15) is 0 Å². The van der Waals surface area contributed by atoms with Gasteiger partial charge in [-0.25, -0.2) is 4.98 Å². The van der Waals surface area contributed by atoms with Crippen molar-refractivity contribution in [2.24, 2.45) is 0 Å². The first-order chi connectivity index (χ1) is 10.7. The van der Waals surface area contributed by atoms with Crippen LogP contribution in [0.4, 0.5) is 5.82 Å². The molecule has 2 N–H and O–H groups in total. The first-order valence-electron chi connectivity index (χ1n) is 6.98. The Bertz CT molecular complexity index is 954. The van der Waals surface area contributed by atoms with Gasteiger partial charge in [0.15, 0.2) is 11.5 Å². The van der Waals surface area contributed by atoms with Crippen molar-refractivity contribution in [1.29, 1.82) is 0 Å². The molecule has 3 heterocycles. The molecule has 3 aromatic heterocycles. The zero-order valence-corrected chi connectivity index (χ0v) is 12.8. The minimum absolute atomic E-state index is 0.587. The zero-order valence-electron chi connectivity index (χ0n) is 12.0. The highest BCUT2D eigenvalue weighted by molar-refractivity contribution is 7.13. The Morgan fingerprint density at radius 1 is 1.05 bits per heavy atom. The Balaban J connectivity index is 1.89. The smallest absolute Gasteiger partial charge is 0.192 e. The highest BCUT2D eigenvalue weighted by Crippen LogP contribution is 2.27. The van der Waals surface area contributed by atoms with Crippen molar-refractivity contribution in [2.75, 3.05) is 5.73 Å². The molecule has 0 aliphatic heterocycles. The largest absolute Gasteiger partial charge is 0.384 e. The lowest BCUT2D eigenvalue weighted by atomic mass is 10.0. The predicted molar refractivity (Wildman–Crippen MR) is 90.9 cm³/mol. The number of nitrogens with two attached hydrogens (primary N) is 1. The van der Waals surface area contributed by atoms with Crippen molar-refractivity contribution in [3.63, 3.8) is 0 Å². The van der Waals surface area contributed by atoms with Gasteiger partial charge < -0.3 is 5.73 Å². The first-order valence-corrected chi connectivity index (χ1v) is 7.86. The van der Waals surface area contributed by atoms with E-state index in [0.29, 0.717) is 11.6 Å². The third kappa shape index (κ3) is 2.16. The summed E-state index contributed by atoms with van der Waals surface area (Å²) in [5, 5.41) is 6.51. The fraction of sp³-hybridized carbons (Fsp3) is 0.0588. The summed E-state index contributed by atoms with van der Waals surface area (Å²) in [7, 11) is 0. The minimum atomic E-state index is 0.587. The third-order valence-corrected chi connectivity index (χ3v) is 4.42. The highest BCUT2D eigenvalue weighted by Gasteiger charge is 2.11. The standard InChI is InChI=1S/C17H14N4S/c1-11-4-2-5-12(8-11)13-9-15(18)21-16(10-13)19-17(20-21)14-6-3-7-22-14/h2-10H,18H2,1H3. The highest BCUT2D eigenvalue weighted by atomic mass is 32.1. The molecule has 0 amide bonds. The van der Waals surface area contributed by atoms with E-state index in [-0.39, 0.29) is 0 Å². The molecule has 0 fully saturated rings. The number of hydrogen-bond acceptors (Lipinski definition) is 4. The van der Waals surface area contributed by atoms with E-state index in [4.69, 9.17) is 5.73 Å².